The molecule has 1 aliphatic heterocycles. The van der Waals surface area contributed by atoms with Crippen LogP contribution in [0.15, 0.2) is 23.0 Å². The first-order chi connectivity index (χ1) is 8.66. The van der Waals surface area contributed by atoms with Crippen LogP contribution in [-0.4, -0.2) is 35.0 Å². The molecule has 2 fully saturated rings. The van der Waals surface area contributed by atoms with Crippen LogP contribution in [0.25, 0.3) is 0 Å². The van der Waals surface area contributed by atoms with Gasteiger partial charge in [0.05, 0.1) is 17.7 Å². The summed E-state index contributed by atoms with van der Waals surface area (Å²) in [6.45, 7) is 0.881. The normalized spacial score (nSPS) is 27.4. The van der Waals surface area contributed by atoms with Crippen molar-refractivity contribution in [2.45, 2.75) is 12.8 Å². The molecule has 0 bridgehead atoms. The molecular weight excluding hydrogens is 234 g/mol. The average molecular weight is 249 g/mol. The number of hydrogen-bond acceptors (Lipinski definition) is 3. The lowest BCUT2D eigenvalue weighted by atomic mass is 9.92. The van der Waals surface area contributed by atoms with E-state index in [1.165, 1.54) is 12.5 Å². The van der Waals surface area contributed by atoms with E-state index in [2.05, 4.69) is 0 Å². The van der Waals surface area contributed by atoms with Crippen LogP contribution in [0, 0.1) is 17.8 Å². The number of carbonyl (C=O) groups excluding carboxylic acids is 1. The SMILES string of the molecule is O=C(O)[C@@H]1CN(C(=O)c2ccoc2)C[C@H]1C1CC1. The molecule has 2 atom stereocenters. The Hall–Kier alpha value is -1.78. The van der Waals surface area contributed by atoms with Crippen molar-refractivity contribution in [2.24, 2.45) is 17.8 Å². The molecule has 1 aromatic rings. The minimum atomic E-state index is -0.783. The number of likely N-dealkylation sites (tertiary alicyclic amines) is 1. The third kappa shape index (κ3) is 1.89. The molecule has 5 nitrogen and oxygen atoms in total. The molecule has 1 saturated carbocycles. The number of furan rings is 1. The molecule has 3 rings (SSSR count). The topological polar surface area (TPSA) is 70.8 Å². The fraction of sp³-hybridized carbons (Fsp3) is 0.538. The van der Waals surface area contributed by atoms with Gasteiger partial charge in [0, 0.05) is 13.1 Å². The second-order valence-electron chi connectivity index (χ2n) is 5.17. The first kappa shape index (κ1) is 11.3. The highest BCUT2D eigenvalue weighted by atomic mass is 16.4. The van der Waals surface area contributed by atoms with Gasteiger partial charge in [-0.1, -0.05) is 0 Å². The Kier molecular flexibility index (Phi) is 2.61. The van der Waals surface area contributed by atoms with Gasteiger partial charge in [-0.25, -0.2) is 0 Å². The van der Waals surface area contributed by atoms with E-state index >= 15 is 0 Å². The molecule has 1 saturated heterocycles. The van der Waals surface area contributed by atoms with Gasteiger partial charge in [0.15, 0.2) is 0 Å². The van der Waals surface area contributed by atoms with Gasteiger partial charge in [0.1, 0.15) is 6.26 Å². The zero-order valence-electron chi connectivity index (χ0n) is 9.91. The summed E-state index contributed by atoms with van der Waals surface area (Å²) in [5, 5.41) is 9.23. The summed E-state index contributed by atoms with van der Waals surface area (Å²) in [5.41, 5.74) is 0.496. The van der Waals surface area contributed by atoms with Gasteiger partial charge in [-0.15, -0.1) is 0 Å². The summed E-state index contributed by atoms with van der Waals surface area (Å²) in [6, 6.07) is 1.61. The van der Waals surface area contributed by atoms with E-state index in [1.807, 2.05) is 0 Å². The van der Waals surface area contributed by atoms with Gasteiger partial charge in [-0.05, 0) is 30.7 Å². The Labute approximate surface area is 104 Å². The van der Waals surface area contributed by atoms with Crippen LogP contribution in [0.1, 0.15) is 23.2 Å². The largest absolute Gasteiger partial charge is 0.481 e. The van der Waals surface area contributed by atoms with E-state index in [-0.39, 0.29) is 11.8 Å². The maximum atomic E-state index is 12.1. The zero-order valence-corrected chi connectivity index (χ0v) is 9.91. The number of hydrogen-bond donors (Lipinski definition) is 1. The molecule has 1 aromatic heterocycles. The van der Waals surface area contributed by atoms with E-state index < -0.39 is 11.9 Å². The van der Waals surface area contributed by atoms with Crippen LogP contribution < -0.4 is 0 Å². The van der Waals surface area contributed by atoms with Crippen LogP contribution in [0.3, 0.4) is 0 Å². The second-order valence-corrected chi connectivity index (χ2v) is 5.17. The van der Waals surface area contributed by atoms with Gasteiger partial charge in [-0.3, -0.25) is 9.59 Å². The van der Waals surface area contributed by atoms with Crippen LogP contribution >= 0.6 is 0 Å². The molecule has 0 unspecified atom stereocenters. The summed E-state index contributed by atoms with van der Waals surface area (Å²) in [7, 11) is 0. The highest BCUT2D eigenvalue weighted by Crippen LogP contribution is 2.44. The fourth-order valence-electron chi connectivity index (χ4n) is 2.83. The van der Waals surface area contributed by atoms with E-state index in [4.69, 9.17) is 4.42 Å². The number of amides is 1. The van der Waals surface area contributed by atoms with Gasteiger partial charge in [0.2, 0.25) is 0 Å². The summed E-state index contributed by atoms with van der Waals surface area (Å²) < 4.78 is 4.89. The lowest BCUT2D eigenvalue weighted by Crippen LogP contribution is -2.29. The minimum Gasteiger partial charge on any atom is -0.481 e. The maximum absolute atomic E-state index is 12.1. The molecular formula is C13H15NO4. The molecule has 0 spiro atoms. The van der Waals surface area contributed by atoms with Crippen molar-refractivity contribution in [2.75, 3.05) is 13.1 Å². The molecule has 1 N–H and O–H groups in total. The minimum absolute atomic E-state index is 0.123. The van der Waals surface area contributed by atoms with Crippen molar-refractivity contribution >= 4 is 11.9 Å². The van der Waals surface area contributed by atoms with Crippen molar-refractivity contribution in [1.29, 1.82) is 0 Å². The first-order valence-corrected chi connectivity index (χ1v) is 6.21. The van der Waals surface area contributed by atoms with Crippen molar-refractivity contribution < 1.29 is 19.1 Å². The molecule has 1 amide bonds. The molecule has 0 aromatic carbocycles. The Morgan fingerprint density at radius 1 is 1.33 bits per heavy atom. The summed E-state index contributed by atoms with van der Waals surface area (Å²) in [5.74, 6) is -0.701. The fourth-order valence-corrected chi connectivity index (χ4v) is 2.83. The smallest absolute Gasteiger partial charge is 0.308 e. The molecule has 18 heavy (non-hydrogen) atoms. The molecule has 2 heterocycles. The molecule has 5 heteroatoms. The van der Waals surface area contributed by atoms with Gasteiger partial charge in [-0.2, -0.15) is 0 Å². The third-order valence-corrected chi connectivity index (χ3v) is 3.97. The molecule has 2 aliphatic rings. The molecule has 1 aliphatic carbocycles. The highest BCUT2D eigenvalue weighted by molar-refractivity contribution is 5.94. The summed E-state index contributed by atoms with van der Waals surface area (Å²) >= 11 is 0. The average Bonchev–Trinajstić information content (AvgIpc) is 2.91. The third-order valence-electron chi connectivity index (χ3n) is 3.97. The summed E-state index contributed by atoms with van der Waals surface area (Å²) in [6.07, 6.45) is 5.06. The standard InChI is InChI=1S/C13H15NO4/c15-12(9-3-4-18-7-9)14-5-10(8-1-2-8)11(6-14)13(16)17/h3-4,7-8,10-11H,1-2,5-6H2,(H,16,17)/t10-,11+/m0/s1. The van der Waals surface area contributed by atoms with Gasteiger partial charge >= 0.3 is 5.97 Å². The number of nitrogens with zero attached hydrogens (tertiary/aromatic N) is 1. The van der Waals surface area contributed by atoms with Crippen LogP contribution in [0.2, 0.25) is 0 Å². The van der Waals surface area contributed by atoms with Crippen molar-refractivity contribution in [1.82, 2.24) is 4.90 Å². The number of carboxylic acid groups (broad SMARTS) is 1. The lowest BCUT2D eigenvalue weighted by molar-refractivity contribution is -0.142. The Morgan fingerprint density at radius 3 is 2.67 bits per heavy atom. The van der Waals surface area contributed by atoms with E-state index in [9.17, 15) is 14.7 Å². The second kappa shape index (κ2) is 4.15. The lowest BCUT2D eigenvalue weighted by Gasteiger charge is -2.14. The molecule has 0 radical (unpaired) electrons. The van der Waals surface area contributed by atoms with Crippen molar-refractivity contribution in [3.8, 4) is 0 Å². The predicted molar refractivity (Wildman–Crippen MR) is 62.0 cm³/mol. The highest BCUT2D eigenvalue weighted by Gasteiger charge is 2.46. The Morgan fingerprint density at radius 2 is 2.11 bits per heavy atom. The van der Waals surface area contributed by atoms with Gasteiger partial charge in [0.25, 0.3) is 5.91 Å². The predicted octanol–water partition coefficient (Wildman–Crippen LogP) is 1.46. The van der Waals surface area contributed by atoms with Crippen LogP contribution in [0.5, 0.6) is 0 Å². The van der Waals surface area contributed by atoms with E-state index in [1.54, 1.807) is 11.0 Å². The monoisotopic (exact) mass is 249 g/mol. The Balaban J connectivity index is 1.75. The van der Waals surface area contributed by atoms with Gasteiger partial charge < -0.3 is 14.4 Å². The zero-order chi connectivity index (χ0) is 12.7. The first-order valence-electron chi connectivity index (χ1n) is 6.21. The van der Waals surface area contributed by atoms with E-state index in [0.29, 0.717) is 24.6 Å². The summed E-state index contributed by atoms with van der Waals surface area (Å²) in [4.78, 5) is 25.0. The number of aliphatic carboxylic acids is 1. The van der Waals surface area contributed by atoms with Crippen LogP contribution in [0.4, 0.5) is 0 Å². The van der Waals surface area contributed by atoms with Crippen molar-refractivity contribution in [3.63, 3.8) is 0 Å². The number of rotatable bonds is 3. The van der Waals surface area contributed by atoms with Crippen molar-refractivity contribution in [3.05, 3.63) is 24.2 Å². The quantitative estimate of drug-likeness (QED) is 0.880. The Bertz CT molecular complexity index is 463. The number of carbonyl (C=O) groups is 2. The number of carboxylic acids is 1. The van der Waals surface area contributed by atoms with E-state index in [0.717, 1.165) is 12.8 Å². The molecule has 96 valence electrons. The van der Waals surface area contributed by atoms with Crippen LogP contribution in [-0.2, 0) is 4.79 Å². The maximum Gasteiger partial charge on any atom is 0.308 e.